The normalized spacial score (nSPS) is 11.1. The summed E-state index contributed by atoms with van der Waals surface area (Å²) < 4.78 is 13.6. The van der Waals surface area contributed by atoms with Gasteiger partial charge in [-0.2, -0.15) is 9.78 Å². The molecule has 0 atom stereocenters. The van der Waals surface area contributed by atoms with Crippen LogP contribution in [0, 0.1) is 0 Å². The molecule has 35 heavy (non-hydrogen) atoms. The van der Waals surface area contributed by atoms with E-state index in [2.05, 4.69) is 15.6 Å². The van der Waals surface area contributed by atoms with Crippen LogP contribution in [0.3, 0.4) is 0 Å². The van der Waals surface area contributed by atoms with E-state index in [1.54, 1.807) is 30.5 Å². The SMILES string of the molecule is O=C(c1cnoc1)n1nc(-c2ccc(Cl)c(=O)n2CCc2ccco2)cc1NCc1ccc(Cl)s1. The predicted octanol–water partition coefficient (Wildman–Crippen LogP) is 5.20. The van der Waals surface area contributed by atoms with Crippen LogP contribution in [0.25, 0.3) is 11.4 Å². The van der Waals surface area contributed by atoms with Crippen LogP contribution < -0.4 is 10.9 Å². The lowest BCUT2D eigenvalue weighted by molar-refractivity contribution is 0.0947. The van der Waals surface area contributed by atoms with Crippen LogP contribution in [0.15, 0.2) is 74.9 Å². The first-order chi connectivity index (χ1) is 17.0. The molecule has 5 aromatic heterocycles. The Bertz CT molecular complexity index is 1520. The van der Waals surface area contributed by atoms with Crippen molar-refractivity contribution in [2.45, 2.75) is 19.5 Å². The highest BCUT2D eigenvalue weighted by Gasteiger charge is 2.21. The van der Waals surface area contributed by atoms with Gasteiger partial charge in [-0.05, 0) is 36.4 Å². The van der Waals surface area contributed by atoms with E-state index in [0.717, 1.165) is 10.6 Å². The summed E-state index contributed by atoms with van der Waals surface area (Å²) in [5.74, 6) is 0.714. The molecular weight excluding hydrogens is 513 g/mol. The number of anilines is 1. The van der Waals surface area contributed by atoms with Crippen molar-refractivity contribution in [1.29, 1.82) is 0 Å². The molecule has 178 valence electrons. The van der Waals surface area contributed by atoms with Crippen molar-refractivity contribution in [3.05, 3.63) is 97.1 Å². The van der Waals surface area contributed by atoms with E-state index in [1.165, 1.54) is 39.1 Å². The summed E-state index contributed by atoms with van der Waals surface area (Å²) in [7, 11) is 0. The van der Waals surface area contributed by atoms with E-state index in [9.17, 15) is 9.59 Å². The lowest BCUT2D eigenvalue weighted by Gasteiger charge is -2.11. The van der Waals surface area contributed by atoms with Crippen LogP contribution in [0.5, 0.6) is 0 Å². The fraction of sp³-hybridized carbons (Fsp3) is 0.130. The van der Waals surface area contributed by atoms with Crippen LogP contribution in [0.4, 0.5) is 5.82 Å². The second-order valence-electron chi connectivity index (χ2n) is 7.46. The Hall–Kier alpha value is -3.60. The Kier molecular flexibility index (Phi) is 6.58. The van der Waals surface area contributed by atoms with Crippen molar-refractivity contribution in [2.75, 3.05) is 5.32 Å². The second-order valence-corrected chi connectivity index (χ2v) is 9.66. The fourth-order valence-corrected chi connectivity index (χ4v) is 4.71. The molecule has 1 N–H and O–H groups in total. The zero-order chi connectivity index (χ0) is 24.4. The molecule has 0 aliphatic heterocycles. The molecule has 0 aromatic carbocycles. The van der Waals surface area contributed by atoms with Gasteiger partial charge in [0.25, 0.3) is 11.5 Å². The number of thiophene rings is 1. The fourth-order valence-electron chi connectivity index (χ4n) is 3.52. The summed E-state index contributed by atoms with van der Waals surface area (Å²) in [4.78, 5) is 27.0. The number of carbonyl (C=O) groups excluding carboxylic acids is 1. The Balaban J connectivity index is 1.53. The number of aromatic nitrogens is 4. The first kappa shape index (κ1) is 23.2. The molecule has 0 spiro atoms. The quantitative estimate of drug-likeness (QED) is 0.294. The van der Waals surface area contributed by atoms with E-state index >= 15 is 0 Å². The Morgan fingerprint density at radius 3 is 2.77 bits per heavy atom. The van der Waals surface area contributed by atoms with Crippen LogP contribution >= 0.6 is 34.5 Å². The van der Waals surface area contributed by atoms with Crippen molar-refractivity contribution in [2.24, 2.45) is 0 Å². The maximum atomic E-state index is 13.1. The van der Waals surface area contributed by atoms with Gasteiger partial charge < -0.3 is 18.8 Å². The van der Waals surface area contributed by atoms with Gasteiger partial charge in [-0.25, -0.2) is 0 Å². The number of carbonyl (C=O) groups is 1. The number of nitrogens with one attached hydrogen (secondary N) is 1. The number of rotatable bonds is 8. The van der Waals surface area contributed by atoms with Crippen LogP contribution in [0.1, 0.15) is 21.0 Å². The summed E-state index contributed by atoms with van der Waals surface area (Å²) in [6.07, 6.45) is 4.61. The summed E-state index contributed by atoms with van der Waals surface area (Å²) in [5, 5.41) is 11.4. The smallest absolute Gasteiger partial charge is 0.285 e. The van der Waals surface area contributed by atoms with Crippen molar-refractivity contribution >= 4 is 46.3 Å². The monoisotopic (exact) mass is 529 g/mol. The minimum absolute atomic E-state index is 0.0843. The third kappa shape index (κ3) is 4.95. The molecule has 0 bridgehead atoms. The Morgan fingerprint density at radius 2 is 2.06 bits per heavy atom. The zero-order valence-corrected chi connectivity index (χ0v) is 20.3. The van der Waals surface area contributed by atoms with E-state index in [-0.39, 0.29) is 16.1 Å². The molecule has 5 rings (SSSR count). The highest BCUT2D eigenvalue weighted by molar-refractivity contribution is 7.16. The zero-order valence-electron chi connectivity index (χ0n) is 18.0. The minimum atomic E-state index is -0.442. The molecule has 5 heterocycles. The molecule has 0 radical (unpaired) electrons. The number of nitrogens with zero attached hydrogens (tertiary/aromatic N) is 4. The van der Waals surface area contributed by atoms with E-state index in [4.69, 9.17) is 32.1 Å². The molecular formula is C23H17Cl2N5O4S. The predicted molar refractivity (Wildman–Crippen MR) is 132 cm³/mol. The number of pyridine rings is 1. The number of hydrogen-bond donors (Lipinski definition) is 1. The lowest BCUT2D eigenvalue weighted by Crippen LogP contribution is -2.23. The van der Waals surface area contributed by atoms with Gasteiger partial charge in [-0.3, -0.25) is 9.59 Å². The topological polar surface area (TPSA) is 108 Å². The van der Waals surface area contributed by atoms with Gasteiger partial charge in [0.1, 0.15) is 34.1 Å². The summed E-state index contributed by atoms with van der Waals surface area (Å²) in [5.41, 5.74) is 0.784. The average molecular weight is 530 g/mol. The first-order valence-corrected chi connectivity index (χ1v) is 12.0. The van der Waals surface area contributed by atoms with E-state index < -0.39 is 5.91 Å². The maximum Gasteiger partial charge on any atom is 0.285 e. The Labute approximate surface area is 212 Å². The second kappa shape index (κ2) is 9.95. The molecule has 0 aliphatic rings. The Morgan fingerprint density at radius 1 is 1.17 bits per heavy atom. The van der Waals surface area contributed by atoms with Gasteiger partial charge in [0.05, 0.1) is 29.0 Å². The van der Waals surface area contributed by atoms with Crippen LogP contribution in [-0.4, -0.2) is 25.4 Å². The number of aryl methyl sites for hydroxylation is 1. The highest BCUT2D eigenvalue weighted by atomic mass is 35.5. The first-order valence-electron chi connectivity index (χ1n) is 10.4. The lowest BCUT2D eigenvalue weighted by atomic mass is 10.2. The van der Waals surface area contributed by atoms with Gasteiger partial charge in [0.2, 0.25) is 0 Å². The molecule has 0 saturated heterocycles. The van der Waals surface area contributed by atoms with Gasteiger partial charge >= 0.3 is 0 Å². The molecule has 0 saturated carbocycles. The number of halogens is 2. The standard InChI is InChI=1S/C23H17Cl2N5O4S/c24-17-4-5-19(29(23(17)32)8-7-15-2-1-9-33-15)18-10-21(26-12-16-3-6-20(25)35-16)30(28-18)22(31)14-11-27-34-13-14/h1-6,9-11,13,26H,7-8,12H2. The van der Waals surface area contributed by atoms with Gasteiger partial charge in [-0.1, -0.05) is 28.4 Å². The third-order valence-electron chi connectivity index (χ3n) is 5.21. The average Bonchev–Trinajstić information content (AvgIpc) is 3.66. The molecule has 9 nitrogen and oxygen atoms in total. The third-order valence-corrected chi connectivity index (χ3v) is 6.72. The highest BCUT2D eigenvalue weighted by Crippen LogP contribution is 2.26. The largest absolute Gasteiger partial charge is 0.469 e. The summed E-state index contributed by atoms with van der Waals surface area (Å²) in [6.45, 7) is 0.733. The van der Waals surface area contributed by atoms with Crippen molar-refractivity contribution in [3.63, 3.8) is 0 Å². The molecule has 0 fully saturated rings. The molecule has 0 amide bonds. The van der Waals surface area contributed by atoms with E-state index in [1.807, 2.05) is 12.1 Å². The summed E-state index contributed by atoms with van der Waals surface area (Å²) in [6, 6.07) is 12.2. The van der Waals surface area contributed by atoms with Crippen molar-refractivity contribution in [3.8, 4) is 11.4 Å². The van der Waals surface area contributed by atoms with Crippen LogP contribution in [0.2, 0.25) is 9.36 Å². The molecule has 5 aromatic rings. The van der Waals surface area contributed by atoms with E-state index in [0.29, 0.717) is 41.1 Å². The van der Waals surface area contributed by atoms with Gasteiger partial charge in [0, 0.05) is 23.9 Å². The molecule has 0 unspecified atom stereocenters. The maximum absolute atomic E-state index is 13.1. The van der Waals surface area contributed by atoms with Gasteiger partial charge in [0.15, 0.2) is 0 Å². The minimum Gasteiger partial charge on any atom is -0.469 e. The van der Waals surface area contributed by atoms with Crippen molar-refractivity contribution < 1.29 is 13.7 Å². The number of furan rings is 1. The van der Waals surface area contributed by atoms with Gasteiger partial charge in [-0.15, -0.1) is 11.3 Å². The summed E-state index contributed by atoms with van der Waals surface area (Å²) >= 11 is 13.6. The number of hydrogen-bond acceptors (Lipinski definition) is 8. The molecule has 0 aliphatic carbocycles. The van der Waals surface area contributed by atoms with Crippen LogP contribution in [-0.2, 0) is 19.5 Å². The molecule has 12 heteroatoms. The van der Waals surface area contributed by atoms with Crippen molar-refractivity contribution in [1.82, 2.24) is 19.5 Å².